The van der Waals surface area contributed by atoms with Crippen LogP contribution in [0.15, 0.2) is 23.8 Å². The maximum absolute atomic E-state index is 15.1. The van der Waals surface area contributed by atoms with E-state index in [4.69, 9.17) is 0 Å². The zero-order chi connectivity index (χ0) is 15.5. The van der Waals surface area contributed by atoms with Gasteiger partial charge in [-0.2, -0.15) is 0 Å². The van der Waals surface area contributed by atoms with E-state index < -0.39 is 6.17 Å². The highest BCUT2D eigenvalue weighted by atomic mass is 19.1. The lowest BCUT2D eigenvalue weighted by Gasteiger charge is -2.60. The van der Waals surface area contributed by atoms with E-state index in [1.165, 1.54) is 32.1 Å². The lowest BCUT2D eigenvalue weighted by Crippen LogP contribution is -2.55. The Morgan fingerprint density at radius 2 is 1.91 bits per heavy atom. The van der Waals surface area contributed by atoms with Crippen molar-refractivity contribution in [1.29, 1.82) is 0 Å². The van der Waals surface area contributed by atoms with Gasteiger partial charge in [-0.3, -0.25) is 0 Å². The fraction of sp³-hybridized carbons (Fsp3) is 0.810. The van der Waals surface area contributed by atoms with Gasteiger partial charge >= 0.3 is 0 Å². The smallest absolute Gasteiger partial charge is 0.108 e. The largest absolute Gasteiger partial charge is 0.247 e. The molecule has 4 unspecified atom stereocenters. The van der Waals surface area contributed by atoms with Crippen molar-refractivity contribution >= 4 is 0 Å². The maximum atomic E-state index is 15.1. The van der Waals surface area contributed by atoms with Crippen LogP contribution in [0.3, 0.4) is 0 Å². The van der Waals surface area contributed by atoms with Crippen LogP contribution in [-0.4, -0.2) is 6.17 Å². The van der Waals surface area contributed by atoms with Crippen molar-refractivity contribution in [2.24, 2.45) is 34.5 Å². The van der Waals surface area contributed by atoms with E-state index in [0.717, 1.165) is 24.7 Å². The lowest BCUT2D eigenvalue weighted by atomic mass is 9.45. The van der Waals surface area contributed by atoms with Gasteiger partial charge in [0.05, 0.1) is 0 Å². The predicted molar refractivity (Wildman–Crippen MR) is 90.3 cm³/mol. The fourth-order valence-electron chi connectivity index (χ4n) is 6.77. The number of alkyl halides is 1. The van der Waals surface area contributed by atoms with Crippen LogP contribution in [0.2, 0.25) is 0 Å². The summed E-state index contributed by atoms with van der Waals surface area (Å²) in [6, 6.07) is 0. The summed E-state index contributed by atoms with van der Waals surface area (Å²) in [5, 5.41) is 0. The molecule has 0 aromatic carbocycles. The summed E-state index contributed by atoms with van der Waals surface area (Å²) in [6.45, 7) is 6.90. The molecule has 0 nitrogen and oxygen atoms in total. The third kappa shape index (κ3) is 1.86. The molecule has 0 bridgehead atoms. The second-order valence-corrected chi connectivity index (χ2v) is 9.13. The van der Waals surface area contributed by atoms with Crippen LogP contribution in [0, 0.1) is 34.5 Å². The van der Waals surface area contributed by atoms with E-state index in [9.17, 15) is 0 Å². The Bertz CT molecular complexity index is 518. The molecule has 122 valence electrons. The van der Waals surface area contributed by atoms with E-state index in [0.29, 0.717) is 11.3 Å². The van der Waals surface area contributed by atoms with Gasteiger partial charge in [-0.1, -0.05) is 39.0 Å². The Hall–Kier alpha value is -0.590. The minimum absolute atomic E-state index is 0.0506. The molecule has 2 fully saturated rings. The number of hydrogen-bond acceptors (Lipinski definition) is 0. The van der Waals surface area contributed by atoms with E-state index in [2.05, 4.69) is 39.0 Å². The van der Waals surface area contributed by atoms with Gasteiger partial charge in [0.2, 0.25) is 0 Å². The first kappa shape index (κ1) is 15.0. The average molecular weight is 302 g/mol. The highest BCUT2D eigenvalue weighted by molar-refractivity contribution is 5.33. The number of halogens is 1. The minimum atomic E-state index is -0.586. The molecular formula is C21H31F. The first-order valence-electron chi connectivity index (χ1n) is 9.48. The second-order valence-electron chi connectivity index (χ2n) is 9.13. The van der Waals surface area contributed by atoms with Gasteiger partial charge < -0.3 is 0 Å². The van der Waals surface area contributed by atoms with Crippen molar-refractivity contribution in [3.8, 4) is 0 Å². The molecule has 0 amide bonds. The summed E-state index contributed by atoms with van der Waals surface area (Å²) in [5.41, 5.74) is 1.91. The number of hydrogen-bond donors (Lipinski definition) is 0. The third-order valence-electron chi connectivity index (χ3n) is 8.15. The summed E-state index contributed by atoms with van der Waals surface area (Å²) in [6.07, 6.45) is 15.1. The minimum Gasteiger partial charge on any atom is -0.247 e. The Morgan fingerprint density at radius 1 is 1.09 bits per heavy atom. The third-order valence-corrected chi connectivity index (χ3v) is 8.15. The summed E-state index contributed by atoms with van der Waals surface area (Å²) in [4.78, 5) is 0. The van der Waals surface area contributed by atoms with Gasteiger partial charge in [0.15, 0.2) is 0 Å². The molecule has 4 aliphatic carbocycles. The second kappa shape index (κ2) is 4.95. The Morgan fingerprint density at radius 3 is 2.73 bits per heavy atom. The molecule has 0 aromatic rings. The maximum Gasteiger partial charge on any atom is 0.108 e. The van der Waals surface area contributed by atoms with Crippen LogP contribution in [-0.2, 0) is 0 Å². The summed E-state index contributed by atoms with van der Waals surface area (Å²) < 4.78 is 15.1. The van der Waals surface area contributed by atoms with Gasteiger partial charge in [-0.05, 0) is 79.6 Å². The molecule has 22 heavy (non-hydrogen) atoms. The first-order chi connectivity index (χ1) is 10.5. The molecule has 2 saturated carbocycles. The molecule has 0 spiro atoms. The molecule has 0 aliphatic heterocycles. The average Bonchev–Trinajstić information content (AvgIpc) is 2.51. The zero-order valence-corrected chi connectivity index (χ0v) is 14.4. The van der Waals surface area contributed by atoms with Crippen molar-refractivity contribution < 1.29 is 4.39 Å². The topological polar surface area (TPSA) is 0 Å². The SMILES string of the molecule is CC1CCC2C3CC=C4C=CCC[C@]4(C)C3CC[C@]2(C)[C@H]1F. The number of allylic oxidation sites excluding steroid dienone is 4. The standard InChI is InChI=1S/C21H31F/c1-14-7-10-17-16-9-8-15-6-4-5-12-20(15,2)18(16)11-13-21(17,3)19(14)22/h4,6,8,14,16-19H,5,7,9-13H2,1-3H3/t14?,16?,17?,18?,19-,20-,21-/m0/s1. The monoisotopic (exact) mass is 302 g/mol. The number of rotatable bonds is 0. The van der Waals surface area contributed by atoms with Crippen LogP contribution in [0.4, 0.5) is 4.39 Å². The Kier molecular flexibility index (Phi) is 3.37. The summed E-state index contributed by atoms with van der Waals surface area (Å²) in [7, 11) is 0. The van der Waals surface area contributed by atoms with E-state index in [1.807, 2.05) is 0 Å². The van der Waals surface area contributed by atoms with Gasteiger partial charge in [0.1, 0.15) is 6.17 Å². The van der Waals surface area contributed by atoms with Crippen molar-refractivity contribution in [3.05, 3.63) is 23.8 Å². The van der Waals surface area contributed by atoms with Crippen LogP contribution < -0.4 is 0 Å². The molecule has 4 rings (SSSR count). The van der Waals surface area contributed by atoms with E-state index in [-0.39, 0.29) is 11.3 Å². The normalized spacial score (nSPS) is 54.0. The van der Waals surface area contributed by atoms with Crippen molar-refractivity contribution in [1.82, 2.24) is 0 Å². The molecular weight excluding hydrogens is 271 g/mol. The highest BCUT2D eigenvalue weighted by Crippen LogP contribution is 2.64. The van der Waals surface area contributed by atoms with E-state index in [1.54, 1.807) is 5.57 Å². The Labute approximate surface area is 135 Å². The molecule has 7 atom stereocenters. The molecule has 0 heterocycles. The van der Waals surface area contributed by atoms with Gasteiger partial charge in [-0.25, -0.2) is 4.39 Å². The summed E-state index contributed by atoms with van der Waals surface area (Å²) in [5.74, 6) is 2.39. The van der Waals surface area contributed by atoms with E-state index >= 15 is 4.39 Å². The van der Waals surface area contributed by atoms with Gasteiger partial charge in [0.25, 0.3) is 0 Å². The van der Waals surface area contributed by atoms with Crippen molar-refractivity contribution in [2.45, 2.75) is 71.9 Å². The molecule has 1 heteroatoms. The molecule has 0 radical (unpaired) electrons. The van der Waals surface area contributed by atoms with Crippen molar-refractivity contribution in [3.63, 3.8) is 0 Å². The zero-order valence-electron chi connectivity index (χ0n) is 14.4. The summed E-state index contributed by atoms with van der Waals surface area (Å²) >= 11 is 0. The van der Waals surface area contributed by atoms with Crippen LogP contribution in [0.5, 0.6) is 0 Å². The predicted octanol–water partition coefficient (Wildman–Crippen LogP) is 6.09. The Balaban J connectivity index is 1.70. The van der Waals surface area contributed by atoms with Crippen LogP contribution in [0.1, 0.15) is 65.7 Å². The lowest BCUT2D eigenvalue weighted by molar-refractivity contribution is -0.115. The molecule has 0 aromatic heterocycles. The van der Waals surface area contributed by atoms with Gasteiger partial charge in [-0.15, -0.1) is 0 Å². The van der Waals surface area contributed by atoms with Crippen LogP contribution in [0.25, 0.3) is 0 Å². The fourth-order valence-corrected chi connectivity index (χ4v) is 6.77. The molecule has 4 aliphatic rings. The van der Waals surface area contributed by atoms with Crippen LogP contribution >= 0.6 is 0 Å². The number of fused-ring (bicyclic) bond motifs is 5. The van der Waals surface area contributed by atoms with Gasteiger partial charge in [0, 0.05) is 5.41 Å². The molecule has 0 saturated heterocycles. The van der Waals surface area contributed by atoms with Crippen molar-refractivity contribution in [2.75, 3.05) is 0 Å². The molecule has 0 N–H and O–H groups in total. The first-order valence-corrected chi connectivity index (χ1v) is 9.48. The quantitative estimate of drug-likeness (QED) is 0.508. The highest BCUT2D eigenvalue weighted by Gasteiger charge is 2.58.